The van der Waals surface area contributed by atoms with E-state index in [0.29, 0.717) is 26.3 Å². The molecule has 2 aromatic rings. The Kier molecular flexibility index (Phi) is 7.56. The lowest BCUT2D eigenvalue weighted by Gasteiger charge is -2.46. The van der Waals surface area contributed by atoms with Crippen molar-refractivity contribution in [1.82, 2.24) is 4.90 Å². The lowest BCUT2D eigenvalue weighted by molar-refractivity contribution is -0.260. The third-order valence-corrected chi connectivity index (χ3v) is 9.24. The summed E-state index contributed by atoms with van der Waals surface area (Å²) in [7, 11) is 1.35. The fourth-order valence-corrected chi connectivity index (χ4v) is 6.87. The number of morpholine rings is 1. The zero-order chi connectivity index (χ0) is 30.8. The Labute approximate surface area is 247 Å². The third kappa shape index (κ3) is 4.73. The van der Waals surface area contributed by atoms with Crippen molar-refractivity contribution in [1.29, 1.82) is 0 Å². The molecule has 12 nitrogen and oxygen atoms in total. The van der Waals surface area contributed by atoms with E-state index in [4.69, 9.17) is 18.9 Å². The number of benzene rings is 2. The molecule has 2 saturated heterocycles. The van der Waals surface area contributed by atoms with E-state index in [1.807, 2.05) is 0 Å². The summed E-state index contributed by atoms with van der Waals surface area (Å²) in [6.45, 7) is 5.18. The van der Waals surface area contributed by atoms with Gasteiger partial charge in [-0.3, -0.25) is 19.3 Å². The van der Waals surface area contributed by atoms with Gasteiger partial charge in [-0.15, -0.1) is 0 Å². The number of hydrogen-bond donors (Lipinski definition) is 4. The molecule has 2 aliphatic carbocycles. The highest BCUT2D eigenvalue weighted by Crippen LogP contribution is 2.52. The van der Waals surface area contributed by atoms with Gasteiger partial charge in [0.15, 0.2) is 17.9 Å². The zero-order valence-electron chi connectivity index (χ0n) is 24.2. The van der Waals surface area contributed by atoms with E-state index in [1.54, 1.807) is 6.92 Å². The number of fused-ring (bicyclic) bond motifs is 3. The minimum atomic E-state index is -2.00. The number of carbonyl (C=O) groups is 3. The average molecular weight is 598 g/mol. The Morgan fingerprint density at radius 1 is 1.07 bits per heavy atom. The largest absolute Gasteiger partial charge is 0.507 e. The van der Waals surface area contributed by atoms with Crippen molar-refractivity contribution in [3.05, 3.63) is 51.6 Å². The van der Waals surface area contributed by atoms with E-state index in [0.717, 1.165) is 0 Å². The SMILES string of the molecule is COc1cccc2c1C(=O)c1c(O)c3c(c(O)c1C2=O)CC(O)(C(C)=O)CC3O[C@H]1C[C@H](N2CCOCC2)[C@H](O)[C@H](C)O1. The molecule has 0 amide bonds. The normalized spacial score (nSPS) is 30.8. The Balaban J connectivity index is 1.44. The van der Waals surface area contributed by atoms with Gasteiger partial charge >= 0.3 is 0 Å². The third-order valence-electron chi connectivity index (χ3n) is 9.24. The molecule has 2 fully saturated rings. The number of phenols is 2. The predicted molar refractivity (Wildman–Crippen MR) is 149 cm³/mol. The number of nitrogens with zero attached hydrogens (tertiary/aromatic N) is 1. The molecule has 43 heavy (non-hydrogen) atoms. The molecule has 0 radical (unpaired) electrons. The summed E-state index contributed by atoms with van der Waals surface area (Å²) in [6, 6.07) is 4.15. The quantitative estimate of drug-likeness (QED) is 0.312. The lowest BCUT2D eigenvalue weighted by Crippen LogP contribution is -2.58. The van der Waals surface area contributed by atoms with Crippen LogP contribution >= 0.6 is 0 Å². The minimum absolute atomic E-state index is 0.00533. The van der Waals surface area contributed by atoms with Gasteiger partial charge in [0.2, 0.25) is 5.78 Å². The van der Waals surface area contributed by atoms with E-state index in [9.17, 15) is 34.8 Å². The van der Waals surface area contributed by atoms with Crippen molar-refractivity contribution in [2.45, 2.75) is 69.4 Å². The highest BCUT2D eigenvalue weighted by atomic mass is 16.7. The molecule has 230 valence electrons. The lowest BCUT2D eigenvalue weighted by atomic mass is 9.72. The maximum atomic E-state index is 13.8. The first-order valence-corrected chi connectivity index (χ1v) is 14.4. The van der Waals surface area contributed by atoms with Crippen LogP contribution in [0.2, 0.25) is 0 Å². The van der Waals surface area contributed by atoms with Crippen molar-refractivity contribution in [3.63, 3.8) is 0 Å². The highest BCUT2D eigenvalue weighted by molar-refractivity contribution is 6.31. The summed E-state index contributed by atoms with van der Waals surface area (Å²) in [4.78, 5) is 42.2. The Bertz CT molecular complexity index is 1500. The second-order valence-electron chi connectivity index (χ2n) is 11.7. The summed E-state index contributed by atoms with van der Waals surface area (Å²) in [5.74, 6) is -3.08. The van der Waals surface area contributed by atoms with Gasteiger partial charge in [0.05, 0.1) is 55.3 Å². The van der Waals surface area contributed by atoms with Crippen LogP contribution in [0.25, 0.3) is 0 Å². The number of methoxy groups -OCH3 is 1. The molecule has 0 aromatic heterocycles. The van der Waals surface area contributed by atoms with Gasteiger partial charge in [-0.1, -0.05) is 12.1 Å². The summed E-state index contributed by atoms with van der Waals surface area (Å²) in [5.41, 5.74) is -2.93. The Morgan fingerprint density at radius 3 is 2.44 bits per heavy atom. The maximum Gasteiger partial charge on any atom is 0.202 e. The molecule has 0 spiro atoms. The van der Waals surface area contributed by atoms with Crippen LogP contribution in [-0.2, 0) is 25.4 Å². The highest BCUT2D eigenvalue weighted by Gasteiger charge is 2.50. The second-order valence-corrected chi connectivity index (χ2v) is 11.7. The molecule has 4 N–H and O–H groups in total. The number of aromatic hydroxyl groups is 2. The number of ether oxygens (including phenoxy) is 4. The number of carbonyl (C=O) groups excluding carboxylic acids is 3. The van der Waals surface area contributed by atoms with Gasteiger partial charge < -0.3 is 39.4 Å². The summed E-state index contributed by atoms with van der Waals surface area (Å²) < 4.78 is 23.1. The number of phenolic OH excluding ortho intramolecular Hbond substituents is 2. The molecule has 0 bridgehead atoms. The molecule has 2 aliphatic heterocycles. The first kappa shape index (κ1) is 29.7. The molecular formula is C31H35NO11. The fraction of sp³-hybridized carbons (Fsp3) is 0.516. The van der Waals surface area contributed by atoms with Crippen molar-refractivity contribution >= 4 is 17.3 Å². The molecule has 2 aromatic carbocycles. The van der Waals surface area contributed by atoms with Crippen molar-refractivity contribution in [3.8, 4) is 17.2 Å². The molecule has 0 saturated carbocycles. The van der Waals surface area contributed by atoms with E-state index in [1.165, 1.54) is 32.2 Å². The fourth-order valence-electron chi connectivity index (χ4n) is 6.87. The topological polar surface area (TPSA) is 172 Å². The summed E-state index contributed by atoms with van der Waals surface area (Å²) >= 11 is 0. The monoisotopic (exact) mass is 597 g/mol. The van der Waals surface area contributed by atoms with Gasteiger partial charge in [-0.25, -0.2) is 0 Å². The zero-order valence-corrected chi connectivity index (χ0v) is 24.2. The van der Waals surface area contributed by atoms with Crippen molar-refractivity contribution in [2.24, 2.45) is 0 Å². The number of ketones is 3. The van der Waals surface area contributed by atoms with Gasteiger partial charge in [-0.05, 0) is 19.9 Å². The average Bonchev–Trinajstić information content (AvgIpc) is 2.99. The number of Topliss-reactive ketones (excluding diaryl/α,β-unsaturated/α-hetero) is 1. The Morgan fingerprint density at radius 2 is 1.77 bits per heavy atom. The number of rotatable bonds is 5. The van der Waals surface area contributed by atoms with Crippen LogP contribution in [-0.4, -0.2) is 106 Å². The number of aliphatic hydroxyl groups is 2. The van der Waals surface area contributed by atoms with Crippen LogP contribution < -0.4 is 4.74 Å². The molecule has 2 heterocycles. The molecule has 2 unspecified atom stereocenters. The predicted octanol–water partition coefficient (Wildman–Crippen LogP) is 1.40. The van der Waals surface area contributed by atoms with Crippen LogP contribution in [0.15, 0.2) is 18.2 Å². The van der Waals surface area contributed by atoms with E-state index in [2.05, 4.69) is 4.90 Å². The van der Waals surface area contributed by atoms with E-state index < -0.39 is 76.6 Å². The molecular weight excluding hydrogens is 562 g/mol. The van der Waals surface area contributed by atoms with Crippen LogP contribution in [0.1, 0.15) is 75.8 Å². The van der Waals surface area contributed by atoms with Crippen LogP contribution in [0, 0.1) is 0 Å². The van der Waals surface area contributed by atoms with E-state index >= 15 is 0 Å². The first-order valence-electron chi connectivity index (χ1n) is 14.4. The smallest absolute Gasteiger partial charge is 0.202 e. The number of hydrogen-bond acceptors (Lipinski definition) is 12. The molecule has 6 rings (SSSR count). The summed E-state index contributed by atoms with van der Waals surface area (Å²) in [5, 5.41) is 45.5. The van der Waals surface area contributed by atoms with E-state index in [-0.39, 0.29) is 46.9 Å². The van der Waals surface area contributed by atoms with Crippen molar-refractivity contribution < 1.29 is 53.8 Å². The molecule has 4 aliphatic rings. The number of aliphatic hydroxyl groups excluding tert-OH is 1. The molecule has 6 atom stereocenters. The van der Waals surface area contributed by atoms with Gasteiger partial charge in [-0.2, -0.15) is 0 Å². The van der Waals surface area contributed by atoms with Gasteiger partial charge in [0.1, 0.15) is 22.8 Å². The summed E-state index contributed by atoms with van der Waals surface area (Å²) in [6.07, 6.45) is -4.07. The maximum absolute atomic E-state index is 13.8. The second kappa shape index (κ2) is 11.0. The van der Waals surface area contributed by atoms with Gasteiger partial charge in [0, 0.05) is 55.1 Å². The standard InChI is InChI=1S/C31H35NO11/c1-14-26(34)18(32-7-9-41-10-8-32)11-21(42-14)43-20-13-31(39,15(2)33)12-17-23(20)30(38)25-24(28(17)36)27(35)16-5-4-6-19(40-3)22(16)29(25)37/h4-6,14,18,20-21,26,34,36,38-39H,7-13H2,1-3H3/t14-,18-,20?,21-,26+,31?/m0/s1. The van der Waals surface area contributed by atoms with Crippen LogP contribution in [0.3, 0.4) is 0 Å². The Hall–Kier alpha value is -3.39. The van der Waals surface area contributed by atoms with Gasteiger partial charge in [0.25, 0.3) is 0 Å². The first-order chi connectivity index (χ1) is 20.5. The van der Waals surface area contributed by atoms with Crippen LogP contribution in [0.5, 0.6) is 17.2 Å². The molecule has 12 heteroatoms. The van der Waals surface area contributed by atoms with Crippen LogP contribution in [0.4, 0.5) is 0 Å². The minimum Gasteiger partial charge on any atom is -0.507 e. The van der Waals surface area contributed by atoms with Crippen molar-refractivity contribution in [2.75, 3.05) is 33.4 Å².